The number of nitrogens with one attached hydrogen (secondary N) is 1. The second kappa shape index (κ2) is 2.75. The third-order valence-electron chi connectivity index (χ3n) is 1.57. The van der Waals surface area contributed by atoms with Crippen molar-refractivity contribution in [3.63, 3.8) is 0 Å². The van der Waals surface area contributed by atoms with Gasteiger partial charge in [-0.1, -0.05) is 15.9 Å². The molecule has 0 radical (unpaired) electrons. The summed E-state index contributed by atoms with van der Waals surface area (Å²) in [6, 6.07) is 3.73. The van der Waals surface area contributed by atoms with Crippen molar-refractivity contribution >= 4 is 27.0 Å². The van der Waals surface area contributed by atoms with Crippen LogP contribution in [0.2, 0.25) is 0 Å². The van der Waals surface area contributed by atoms with Crippen LogP contribution in [0.15, 0.2) is 16.6 Å². The number of halogens is 1. The van der Waals surface area contributed by atoms with Gasteiger partial charge < -0.3 is 4.74 Å². The Morgan fingerprint density at radius 1 is 1.42 bits per heavy atom. The Kier molecular flexibility index (Phi) is 1.73. The summed E-state index contributed by atoms with van der Waals surface area (Å²) in [5.74, 6) is 0.716. The fraction of sp³-hybridized carbons (Fsp3) is 0.143. The third kappa shape index (κ3) is 1.06. The fourth-order valence-corrected chi connectivity index (χ4v) is 1.47. The topological polar surface area (TPSA) is 50.8 Å². The number of aromatic amines is 1. The lowest BCUT2D eigenvalue weighted by Crippen LogP contribution is -1.84. The molecule has 1 aromatic heterocycles. The number of hydrogen-bond acceptors (Lipinski definition) is 3. The number of H-pyrrole nitrogens is 1. The first kappa shape index (κ1) is 7.54. The van der Waals surface area contributed by atoms with Crippen molar-refractivity contribution in [2.24, 2.45) is 0 Å². The molecule has 0 aliphatic carbocycles. The number of ether oxygens (including phenoxy) is 1. The average Bonchev–Trinajstić information content (AvgIpc) is 2.50. The van der Waals surface area contributed by atoms with Crippen LogP contribution in [0.4, 0.5) is 0 Å². The van der Waals surface area contributed by atoms with Gasteiger partial charge in [0.05, 0.1) is 7.11 Å². The van der Waals surface area contributed by atoms with Crippen LogP contribution in [0.5, 0.6) is 5.75 Å². The Hall–Kier alpha value is -1.10. The molecule has 1 aromatic carbocycles. The van der Waals surface area contributed by atoms with E-state index in [2.05, 4.69) is 31.3 Å². The summed E-state index contributed by atoms with van der Waals surface area (Å²) < 4.78 is 6.05. The number of nitrogens with zero attached hydrogens (tertiary/aromatic N) is 2. The first-order valence-corrected chi connectivity index (χ1v) is 4.14. The molecule has 0 aliphatic rings. The highest BCUT2D eigenvalue weighted by Gasteiger charge is 2.05. The summed E-state index contributed by atoms with van der Waals surface area (Å²) in [4.78, 5) is 0. The molecule has 0 fully saturated rings. The number of rotatable bonds is 1. The zero-order chi connectivity index (χ0) is 8.55. The molecule has 5 heteroatoms. The van der Waals surface area contributed by atoms with Gasteiger partial charge in [0, 0.05) is 4.47 Å². The largest absolute Gasteiger partial charge is 0.494 e. The van der Waals surface area contributed by atoms with Gasteiger partial charge in [-0.2, -0.15) is 15.4 Å². The molecule has 1 heterocycles. The standard InChI is InChI=1S/C7H6BrN3O/c1-12-6-3-4(8)2-5-7(6)10-11-9-5/h2-3H,1H3,(H,9,10,11). The number of methoxy groups -OCH3 is 1. The van der Waals surface area contributed by atoms with Gasteiger partial charge in [0.15, 0.2) is 5.52 Å². The maximum atomic E-state index is 5.11. The molecule has 0 saturated heterocycles. The van der Waals surface area contributed by atoms with Crippen LogP contribution in [0.1, 0.15) is 0 Å². The highest BCUT2D eigenvalue weighted by atomic mass is 79.9. The first-order chi connectivity index (χ1) is 5.81. The van der Waals surface area contributed by atoms with Crippen molar-refractivity contribution in [1.29, 1.82) is 0 Å². The van der Waals surface area contributed by atoms with Gasteiger partial charge in [-0.15, -0.1) is 0 Å². The van der Waals surface area contributed by atoms with Gasteiger partial charge in [-0.3, -0.25) is 0 Å². The Bertz CT molecular complexity index is 412. The summed E-state index contributed by atoms with van der Waals surface area (Å²) in [5.41, 5.74) is 1.54. The molecule has 1 N–H and O–H groups in total. The minimum Gasteiger partial charge on any atom is -0.494 e. The quantitative estimate of drug-likeness (QED) is 0.808. The monoisotopic (exact) mass is 227 g/mol. The predicted octanol–water partition coefficient (Wildman–Crippen LogP) is 1.73. The van der Waals surface area contributed by atoms with Gasteiger partial charge in [-0.25, -0.2) is 0 Å². The van der Waals surface area contributed by atoms with Crippen LogP contribution in [-0.4, -0.2) is 22.5 Å². The van der Waals surface area contributed by atoms with E-state index in [1.807, 2.05) is 12.1 Å². The maximum Gasteiger partial charge on any atom is 0.154 e. The normalized spacial score (nSPS) is 10.5. The highest BCUT2D eigenvalue weighted by Crippen LogP contribution is 2.26. The minimum atomic E-state index is 0.716. The fourth-order valence-electron chi connectivity index (χ4n) is 1.04. The second-order valence-electron chi connectivity index (χ2n) is 2.30. The van der Waals surface area contributed by atoms with E-state index in [4.69, 9.17) is 4.74 Å². The highest BCUT2D eigenvalue weighted by molar-refractivity contribution is 9.10. The van der Waals surface area contributed by atoms with Crippen LogP contribution in [-0.2, 0) is 0 Å². The number of aromatic nitrogens is 3. The van der Waals surface area contributed by atoms with Crippen molar-refractivity contribution in [1.82, 2.24) is 15.4 Å². The van der Waals surface area contributed by atoms with Crippen molar-refractivity contribution < 1.29 is 4.74 Å². The third-order valence-corrected chi connectivity index (χ3v) is 2.03. The molecule has 0 spiro atoms. The van der Waals surface area contributed by atoms with Crippen LogP contribution < -0.4 is 4.74 Å². The van der Waals surface area contributed by atoms with Gasteiger partial charge in [-0.05, 0) is 12.1 Å². The molecule has 0 aliphatic heterocycles. The first-order valence-electron chi connectivity index (χ1n) is 3.35. The van der Waals surface area contributed by atoms with E-state index in [1.165, 1.54) is 0 Å². The van der Waals surface area contributed by atoms with Crippen LogP contribution in [0, 0.1) is 0 Å². The van der Waals surface area contributed by atoms with E-state index in [0.717, 1.165) is 15.5 Å². The van der Waals surface area contributed by atoms with Crippen LogP contribution in [0.25, 0.3) is 11.0 Å². The number of fused-ring (bicyclic) bond motifs is 1. The Balaban J connectivity index is 2.80. The summed E-state index contributed by atoms with van der Waals surface area (Å²) in [6.07, 6.45) is 0. The SMILES string of the molecule is COc1cc(Br)cc2n[nH]nc12. The minimum absolute atomic E-state index is 0.716. The molecule has 12 heavy (non-hydrogen) atoms. The van der Waals surface area contributed by atoms with E-state index < -0.39 is 0 Å². The molecule has 0 unspecified atom stereocenters. The van der Waals surface area contributed by atoms with Crippen LogP contribution >= 0.6 is 15.9 Å². The zero-order valence-electron chi connectivity index (χ0n) is 6.34. The lowest BCUT2D eigenvalue weighted by atomic mass is 10.3. The molecule has 62 valence electrons. The molecule has 0 saturated carbocycles. The molecule has 2 rings (SSSR count). The molecular formula is C7H6BrN3O. The summed E-state index contributed by atoms with van der Waals surface area (Å²) in [7, 11) is 1.61. The summed E-state index contributed by atoms with van der Waals surface area (Å²) in [5, 5.41) is 10.4. The smallest absolute Gasteiger partial charge is 0.154 e. The molecular weight excluding hydrogens is 222 g/mol. The van der Waals surface area contributed by atoms with Crippen molar-refractivity contribution in [3.8, 4) is 5.75 Å². The van der Waals surface area contributed by atoms with Gasteiger partial charge in [0.1, 0.15) is 11.3 Å². The number of hydrogen-bond donors (Lipinski definition) is 1. The summed E-state index contributed by atoms with van der Waals surface area (Å²) >= 11 is 3.35. The van der Waals surface area contributed by atoms with Gasteiger partial charge >= 0.3 is 0 Å². The second-order valence-corrected chi connectivity index (χ2v) is 3.22. The van der Waals surface area contributed by atoms with Gasteiger partial charge in [0.25, 0.3) is 0 Å². The molecule has 0 atom stereocenters. The van der Waals surface area contributed by atoms with E-state index in [1.54, 1.807) is 7.11 Å². The lowest BCUT2D eigenvalue weighted by molar-refractivity contribution is 0.418. The van der Waals surface area contributed by atoms with E-state index >= 15 is 0 Å². The Morgan fingerprint density at radius 3 is 3.00 bits per heavy atom. The van der Waals surface area contributed by atoms with Crippen LogP contribution in [0.3, 0.4) is 0 Å². The number of benzene rings is 1. The van der Waals surface area contributed by atoms with Crippen molar-refractivity contribution in [3.05, 3.63) is 16.6 Å². The van der Waals surface area contributed by atoms with E-state index in [-0.39, 0.29) is 0 Å². The summed E-state index contributed by atoms with van der Waals surface area (Å²) in [6.45, 7) is 0. The van der Waals surface area contributed by atoms with E-state index in [9.17, 15) is 0 Å². The Morgan fingerprint density at radius 2 is 2.25 bits per heavy atom. The molecule has 0 bridgehead atoms. The predicted molar refractivity (Wildman–Crippen MR) is 48.1 cm³/mol. The van der Waals surface area contributed by atoms with Crippen molar-refractivity contribution in [2.45, 2.75) is 0 Å². The zero-order valence-corrected chi connectivity index (χ0v) is 7.92. The maximum absolute atomic E-state index is 5.11. The molecule has 0 amide bonds. The average molecular weight is 228 g/mol. The van der Waals surface area contributed by atoms with E-state index in [0.29, 0.717) is 5.75 Å². The lowest BCUT2D eigenvalue weighted by Gasteiger charge is -1.99. The Labute approximate surface area is 77.0 Å². The molecule has 2 aromatic rings. The van der Waals surface area contributed by atoms with Crippen molar-refractivity contribution in [2.75, 3.05) is 7.11 Å². The molecule has 4 nitrogen and oxygen atoms in total. The van der Waals surface area contributed by atoms with Gasteiger partial charge in [0.2, 0.25) is 0 Å².